The summed E-state index contributed by atoms with van der Waals surface area (Å²) in [5.74, 6) is -0.843. The van der Waals surface area contributed by atoms with Crippen molar-refractivity contribution in [2.24, 2.45) is 0 Å². The highest BCUT2D eigenvalue weighted by Gasteiger charge is 2.45. The van der Waals surface area contributed by atoms with Crippen molar-refractivity contribution < 1.29 is 24.2 Å². The minimum atomic E-state index is -0.714. The molecule has 202 valence electrons. The van der Waals surface area contributed by atoms with Gasteiger partial charge in [0.2, 0.25) is 0 Å². The molecule has 3 aromatic rings. The Hall–Kier alpha value is -3.65. The standard InChI is InChI=1S/C31H31ClN2O5/c32-25-11-7-24(8-12-25)29(35)27-28(23-9-13-26(14-10-23)39-21-22-5-2-1-3-6-22)34(31(37)30(27)36)16-4-15-33-17-19-38-20-18-33/h1-3,5-14,28,35H,4,15-21H2. The number of rotatable bonds is 9. The van der Waals surface area contributed by atoms with Gasteiger partial charge < -0.3 is 19.5 Å². The van der Waals surface area contributed by atoms with Crippen LogP contribution in [0.25, 0.3) is 5.76 Å². The smallest absolute Gasteiger partial charge is 0.295 e. The van der Waals surface area contributed by atoms with Crippen LogP contribution in [-0.2, 0) is 20.9 Å². The Morgan fingerprint density at radius 3 is 2.31 bits per heavy atom. The summed E-state index contributed by atoms with van der Waals surface area (Å²) in [5, 5.41) is 11.7. The second-order valence-corrected chi connectivity index (χ2v) is 10.1. The molecule has 2 aliphatic rings. The number of morpholine rings is 1. The quantitative estimate of drug-likeness (QED) is 0.229. The zero-order valence-corrected chi connectivity index (χ0v) is 22.3. The number of hydrogen-bond donors (Lipinski definition) is 1. The van der Waals surface area contributed by atoms with E-state index < -0.39 is 17.7 Å². The summed E-state index contributed by atoms with van der Waals surface area (Å²) < 4.78 is 11.4. The molecule has 2 saturated heterocycles. The Balaban J connectivity index is 1.41. The summed E-state index contributed by atoms with van der Waals surface area (Å²) in [7, 11) is 0. The van der Waals surface area contributed by atoms with Gasteiger partial charge in [-0.2, -0.15) is 0 Å². The van der Waals surface area contributed by atoms with Crippen LogP contribution in [0.1, 0.15) is 29.2 Å². The molecule has 39 heavy (non-hydrogen) atoms. The van der Waals surface area contributed by atoms with Crippen molar-refractivity contribution >= 4 is 29.1 Å². The Bertz CT molecular complexity index is 1320. The molecule has 1 N–H and O–H groups in total. The number of ether oxygens (including phenoxy) is 2. The predicted molar refractivity (Wildman–Crippen MR) is 150 cm³/mol. The number of halogens is 1. The van der Waals surface area contributed by atoms with Crippen molar-refractivity contribution in [3.05, 3.63) is 106 Å². The highest BCUT2D eigenvalue weighted by molar-refractivity contribution is 6.46. The number of ketones is 1. The summed E-state index contributed by atoms with van der Waals surface area (Å²) in [6.45, 7) is 4.71. The van der Waals surface area contributed by atoms with Gasteiger partial charge in [0.05, 0.1) is 24.8 Å². The third-order valence-electron chi connectivity index (χ3n) is 7.08. The maximum absolute atomic E-state index is 13.3. The molecule has 2 aliphatic heterocycles. The van der Waals surface area contributed by atoms with Gasteiger partial charge in [0, 0.05) is 36.8 Å². The van der Waals surface area contributed by atoms with E-state index in [1.54, 1.807) is 29.2 Å². The van der Waals surface area contributed by atoms with E-state index in [4.69, 9.17) is 21.1 Å². The van der Waals surface area contributed by atoms with Crippen molar-refractivity contribution in [3.8, 4) is 5.75 Å². The topological polar surface area (TPSA) is 79.3 Å². The molecule has 0 aromatic heterocycles. The molecule has 3 aromatic carbocycles. The first kappa shape index (κ1) is 26.9. The van der Waals surface area contributed by atoms with Crippen molar-refractivity contribution in [3.63, 3.8) is 0 Å². The third-order valence-corrected chi connectivity index (χ3v) is 7.33. The summed E-state index contributed by atoms with van der Waals surface area (Å²) in [4.78, 5) is 30.4. The lowest BCUT2D eigenvalue weighted by Gasteiger charge is -2.29. The molecule has 1 atom stereocenters. The van der Waals surface area contributed by atoms with Crippen LogP contribution in [0.15, 0.2) is 84.4 Å². The summed E-state index contributed by atoms with van der Waals surface area (Å²) in [6, 6.07) is 23.1. The summed E-state index contributed by atoms with van der Waals surface area (Å²) in [5.41, 5.74) is 2.28. The van der Waals surface area contributed by atoms with E-state index in [1.807, 2.05) is 54.6 Å². The van der Waals surface area contributed by atoms with E-state index in [9.17, 15) is 14.7 Å². The molecular formula is C31H31ClN2O5. The Kier molecular flexibility index (Phi) is 8.61. The summed E-state index contributed by atoms with van der Waals surface area (Å²) >= 11 is 6.03. The molecule has 8 heteroatoms. The fourth-order valence-corrected chi connectivity index (χ4v) is 5.12. The lowest BCUT2D eigenvalue weighted by Crippen LogP contribution is -2.38. The van der Waals surface area contributed by atoms with Crippen LogP contribution in [-0.4, -0.2) is 66.0 Å². The van der Waals surface area contributed by atoms with E-state index in [0.717, 1.165) is 30.8 Å². The van der Waals surface area contributed by atoms with Crippen molar-refractivity contribution in [2.45, 2.75) is 19.1 Å². The first-order valence-corrected chi connectivity index (χ1v) is 13.5. The number of hydrogen-bond acceptors (Lipinski definition) is 6. The summed E-state index contributed by atoms with van der Waals surface area (Å²) in [6.07, 6.45) is 0.697. The lowest BCUT2D eigenvalue weighted by atomic mass is 9.95. The molecule has 0 radical (unpaired) electrons. The van der Waals surface area contributed by atoms with Gasteiger partial charge in [-0.25, -0.2) is 0 Å². The van der Waals surface area contributed by atoms with Crippen LogP contribution in [0.5, 0.6) is 5.75 Å². The molecule has 1 unspecified atom stereocenters. The van der Waals surface area contributed by atoms with Gasteiger partial charge in [0.1, 0.15) is 18.1 Å². The monoisotopic (exact) mass is 546 g/mol. The molecule has 1 amide bonds. The maximum Gasteiger partial charge on any atom is 0.295 e. The molecule has 0 aliphatic carbocycles. The fraction of sp³-hybridized carbons (Fsp3) is 0.290. The Morgan fingerprint density at radius 2 is 1.62 bits per heavy atom. The SMILES string of the molecule is O=C1C(=O)N(CCCN2CCOCC2)C(c2ccc(OCc3ccccc3)cc2)C1=C(O)c1ccc(Cl)cc1. The molecular weight excluding hydrogens is 516 g/mol. The van der Waals surface area contributed by atoms with E-state index in [1.165, 1.54) is 0 Å². The van der Waals surface area contributed by atoms with Gasteiger partial charge >= 0.3 is 0 Å². The Morgan fingerprint density at radius 1 is 0.923 bits per heavy atom. The van der Waals surface area contributed by atoms with Crippen molar-refractivity contribution in [1.29, 1.82) is 0 Å². The van der Waals surface area contributed by atoms with Gasteiger partial charge in [-0.1, -0.05) is 54.1 Å². The molecule has 0 spiro atoms. The predicted octanol–water partition coefficient (Wildman–Crippen LogP) is 5.06. The largest absolute Gasteiger partial charge is 0.507 e. The normalized spacial score (nSPS) is 19.4. The highest BCUT2D eigenvalue weighted by atomic mass is 35.5. The van der Waals surface area contributed by atoms with Crippen molar-refractivity contribution in [2.75, 3.05) is 39.4 Å². The van der Waals surface area contributed by atoms with Crippen LogP contribution in [0.2, 0.25) is 5.02 Å². The molecule has 7 nitrogen and oxygen atoms in total. The molecule has 5 rings (SSSR count). The van der Waals surface area contributed by atoms with Gasteiger partial charge in [-0.15, -0.1) is 0 Å². The van der Waals surface area contributed by atoms with Crippen LogP contribution >= 0.6 is 11.6 Å². The number of aliphatic hydroxyl groups is 1. The first-order valence-electron chi connectivity index (χ1n) is 13.1. The number of Topliss-reactive ketones (excluding diaryl/α,β-unsaturated/α-hetero) is 1. The molecule has 0 saturated carbocycles. The van der Waals surface area contributed by atoms with Crippen LogP contribution in [0, 0.1) is 0 Å². The number of benzene rings is 3. The van der Waals surface area contributed by atoms with Gasteiger partial charge in [0.25, 0.3) is 11.7 Å². The number of aliphatic hydroxyl groups excluding tert-OH is 1. The minimum Gasteiger partial charge on any atom is -0.507 e. The zero-order chi connectivity index (χ0) is 27.2. The van der Waals surface area contributed by atoms with E-state index in [0.29, 0.717) is 49.1 Å². The van der Waals surface area contributed by atoms with Gasteiger partial charge in [0.15, 0.2) is 0 Å². The van der Waals surface area contributed by atoms with Crippen LogP contribution in [0.4, 0.5) is 0 Å². The maximum atomic E-state index is 13.3. The van der Waals surface area contributed by atoms with Gasteiger partial charge in [-0.05, 0) is 53.9 Å². The number of likely N-dealkylation sites (tertiary alicyclic amines) is 1. The molecule has 2 fully saturated rings. The van der Waals surface area contributed by atoms with Crippen LogP contribution in [0.3, 0.4) is 0 Å². The second kappa shape index (κ2) is 12.5. The molecule has 2 heterocycles. The van der Waals surface area contributed by atoms with Crippen LogP contribution < -0.4 is 4.74 Å². The lowest BCUT2D eigenvalue weighted by molar-refractivity contribution is -0.140. The average Bonchev–Trinajstić information content (AvgIpc) is 3.22. The first-order chi connectivity index (χ1) is 19.0. The zero-order valence-electron chi connectivity index (χ0n) is 21.6. The van der Waals surface area contributed by atoms with E-state index >= 15 is 0 Å². The third kappa shape index (κ3) is 6.33. The number of amides is 1. The number of carbonyl (C=O) groups is 2. The Labute approximate surface area is 233 Å². The number of carbonyl (C=O) groups excluding carboxylic acids is 2. The number of nitrogens with zero attached hydrogens (tertiary/aromatic N) is 2. The fourth-order valence-electron chi connectivity index (χ4n) is 5.00. The highest BCUT2D eigenvalue weighted by Crippen LogP contribution is 2.40. The van der Waals surface area contributed by atoms with E-state index in [2.05, 4.69) is 4.90 Å². The minimum absolute atomic E-state index is 0.0756. The average molecular weight is 547 g/mol. The van der Waals surface area contributed by atoms with Gasteiger partial charge in [-0.3, -0.25) is 14.5 Å². The van der Waals surface area contributed by atoms with Crippen molar-refractivity contribution in [1.82, 2.24) is 9.80 Å². The van der Waals surface area contributed by atoms with E-state index in [-0.39, 0.29) is 11.3 Å². The second-order valence-electron chi connectivity index (χ2n) is 9.65. The molecule has 0 bridgehead atoms.